The van der Waals surface area contributed by atoms with E-state index in [1.165, 1.54) is 19.8 Å². The highest BCUT2D eigenvalue weighted by atomic mass is 16.5. The number of ether oxygens (including phenoxy) is 1. The minimum atomic E-state index is -0.923. The molecule has 0 amide bonds. The maximum absolute atomic E-state index is 11.4. The Bertz CT molecular complexity index is 603. The van der Waals surface area contributed by atoms with Gasteiger partial charge in [-0.15, -0.1) is 0 Å². The molecule has 0 spiro atoms. The van der Waals surface area contributed by atoms with Crippen molar-refractivity contribution in [3.05, 3.63) is 0 Å². The van der Waals surface area contributed by atoms with Crippen LogP contribution in [0.3, 0.4) is 0 Å². The van der Waals surface area contributed by atoms with Crippen LogP contribution in [0.1, 0.15) is 85.5 Å². The molecule has 4 aliphatic rings. The van der Waals surface area contributed by atoms with Crippen molar-refractivity contribution in [2.45, 2.75) is 103 Å². The second kappa shape index (κ2) is 6.45. The molecule has 4 heteroatoms. The Morgan fingerprint density at radius 1 is 1.04 bits per heavy atom. The number of aliphatic hydroxyl groups excluding tert-OH is 1. The Morgan fingerprint density at radius 3 is 2.41 bits per heavy atom. The van der Waals surface area contributed by atoms with Gasteiger partial charge >= 0.3 is 5.97 Å². The van der Waals surface area contributed by atoms with Gasteiger partial charge in [-0.2, -0.15) is 0 Å². The quantitative estimate of drug-likeness (QED) is 0.561. The van der Waals surface area contributed by atoms with Crippen molar-refractivity contribution in [1.29, 1.82) is 0 Å². The zero-order valence-corrected chi connectivity index (χ0v) is 17.5. The molecule has 0 aliphatic heterocycles. The maximum atomic E-state index is 11.4. The molecule has 0 aromatic heterocycles. The summed E-state index contributed by atoms with van der Waals surface area (Å²) in [5.41, 5.74) is -0.736. The average molecular weight is 380 g/mol. The summed E-state index contributed by atoms with van der Waals surface area (Å²) in [6.07, 6.45) is 9.05. The van der Waals surface area contributed by atoms with Gasteiger partial charge in [-0.1, -0.05) is 13.8 Å². The highest BCUT2D eigenvalue weighted by Gasteiger charge is 2.65. The van der Waals surface area contributed by atoms with Crippen LogP contribution < -0.4 is 0 Å². The summed E-state index contributed by atoms with van der Waals surface area (Å²) in [7, 11) is 0. The van der Waals surface area contributed by atoms with E-state index in [1.807, 2.05) is 0 Å². The number of fused-ring (bicyclic) bond motifs is 5. The molecule has 0 radical (unpaired) electrons. The average Bonchev–Trinajstić information content (AvgIpc) is 2.87. The first-order valence-electron chi connectivity index (χ1n) is 11.2. The molecule has 0 aromatic rings. The molecule has 2 N–H and O–H groups in total. The van der Waals surface area contributed by atoms with Crippen LogP contribution in [-0.2, 0) is 9.53 Å². The van der Waals surface area contributed by atoms with Crippen LogP contribution >= 0.6 is 0 Å². The van der Waals surface area contributed by atoms with Crippen molar-refractivity contribution in [1.82, 2.24) is 0 Å². The molecular weight excluding hydrogens is 341 g/mol. The fourth-order valence-electron chi connectivity index (χ4n) is 8.30. The van der Waals surface area contributed by atoms with Gasteiger partial charge in [0, 0.05) is 12.3 Å². The van der Waals surface area contributed by atoms with Crippen molar-refractivity contribution in [2.75, 3.05) is 0 Å². The van der Waals surface area contributed by atoms with E-state index >= 15 is 0 Å². The Hall–Kier alpha value is -0.610. The number of esters is 1. The minimum absolute atomic E-state index is 0.109. The number of carbonyl (C=O) groups is 1. The molecule has 4 nitrogen and oxygen atoms in total. The van der Waals surface area contributed by atoms with Crippen molar-refractivity contribution in [3.63, 3.8) is 0 Å². The molecule has 4 saturated carbocycles. The number of hydrogen-bond donors (Lipinski definition) is 2. The predicted octanol–water partition coefficient (Wildman–Crippen LogP) is 4.07. The Morgan fingerprint density at radius 2 is 1.74 bits per heavy atom. The largest absolute Gasteiger partial charge is 0.463 e. The molecule has 27 heavy (non-hydrogen) atoms. The van der Waals surface area contributed by atoms with Gasteiger partial charge in [0.2, 0.25) is 0 Å². The van der Waals surface area contributed by atoms with Gasteiger partial charge in [-0.25, -0.2) is 0 Å². The lowest BCUT2D eigenvalue weighted by Gasteiger charge is -2.62. The van der Waals surface area contributed by atoms with Crippen LogP contribution in [0.15, 0.2) is 0 Å². The lowest BCUT2D eigenvalue weighted by Crippen LogP contribution is -2.59. The number of aliphatic hydroxyl groups is 2. The predicted molar refractivity (Wildman–Crippen MR) is 104 cm³/mol. The molecule has 0 heterocycles. The Balaban J connectivity index is 1.55. The Labute approximate surface area is 164 Å². The molecule has 4 fully saturated rings. The molecule has 0 unspecified atom stereocenters. The topological polar surface area (TPSA) is 66.8 Å². The summed E-state index contributed by atoms with van der Waals surface area (Å²) in [5.74, 6) is 2.42. The maximum Gasteiger partial charge on any atom is 0.302 e. The molecule has 0 aromatic carbocycles. The van der Waals surface area contributed by atoms with Crippen LogP contribution in [0, 0.1) is 34.5 Å². The summed E-state index contributed by atoms with van der Waals surface area (Å²) >= 11 is 0. The second-order valence-corrected chi connectivity index (χ2v) is 10.8. The van der Waals surface area contributed by atoms with Gasteiger partial charge in [0.1, 0.15) is 6.10 Å². The number of carbonyl (C=O) groups excluding carboxylic acids is 1. The van der Waals surface area contributed by atoms with Crippen LogP contribution in [-0.4, -0.2) is 34.0 Å². The zero-order chi connectivity index (χ0) is 19.6. The minimum Gasteiger partial charge on any atom is -0.463 e. The van der Waals surface area contributed by atoms with Gasteiger partial charge in [-0.05, 0) is 93.8 Å². The summed E-state index contributed by atoms with van der Waals surface area (Å²) in [6.45, 7) is 8.04. The van der Waals surface area contributed by atoms with Gasteiger partial charge in [0.05, 0.1) is 11.7 Å². The van der Waals surface area contributed by atoms with Crippen LogP contribution in [0.5, 0.6) is 0 Å². The van der Waals surface area contributed by atoms with E-state index in [1.54, 1.807) is 6.92 Å². The summed E-state index contributed by atoms with van der Waals surface area (Å²) in [6, 6.07) is 0. The lowest BCUT2D eigenvalue weighted by atomic mass is 9.44. The first kappa shape index (κ1) is 19.7. The van der Waals surface area contributed by atoms with E-state index in [0.29, 0.717) is 29.1 Å². The molecule has 154 valence electrons. The van der Waals surface area contributed by atoms with Crippen molar-refractivity contribution in [2.24, 2.45) is 34.5 Å². The first-order chi connectivity index (χ1) is 12.6. The normalized spacial score (nSPS) is 53.0. The van der Waals surface area contributed by atoms with E-state index in [9.17, 15) is 15.0 Å². The molecule has 4 rings (SSSR count). The summed E-state index contributed by atoms with van der Waals surface area (Å²) in [4.78, 5) is 11.4. The highest BCUT2D eigenvalue weighted by molar-refractivity contribution is 5.66. The number of rotatable bonds is 2. The Kier molecular flexibility index (Phi) is 4.71. The summed E-state index contributed by atoms with van der Waals surface area (Å²) < 4.78 is 5.56. The third-order valence-corrected chi connectivity index (χ3v) is 9.86. The van der Waals surface area contributed by atoms with E-state index in [0.717, 1.165) is 44.9 Å². The molecule has 0 saturated heterocycles. The standard InChI is InChI=1S/C23H38O4/c1-14(24)23(26)12-9-20-18-6-5-16-13-17(27-15(2)25)7-10-21(16,3)19(18)8-11-22(20,23)4/h14,16-20,24,26H,5-13H2,1-4H3/t14-,16+,17+,18+,19-,20-,21-,22-,23-/m0/s1/i14+1. The van der Waals surface area contributed by atoms with Gasteiger partial charge < -0.3 is 14.9 Å². The molecule has 9 atom stereocenters. The smallest absolute Gasteiger partial charge is 0.302 e. The lowest BCUT2D eigenvalue weighted by molar-refractivity contribution is -0.188. The fourth-order valence-corrected chi connectivity index (χ4v) is 8.30. The van der Waals surface area contributed by atoms with Gasteiger partial charge in [0.25, 0.3) is 0 Å². The SMILES string of the molecule is CC(=O)O[C@@H]1CC[C@@]2(C)[C@H](CC[C@@H]3[C@@H]2CC[C@@]2(C)[C@H]3CC[C@]2(O)[13C@H](C)O)C1. The van der Waals surface area contributed by atoms with E-state index in [2.05, 4.69) is 13.8 Å². The highest BCUT2D eigenvalue weighted by Crippen LogP contribution is 2.68. The van der Waals surface area contributed by atoms with Crippen LogP contribution in [0.2, 0.25) is 0 Å². The van der Waals surface area contributed by atoms with Crippen molar-refractivity contribution in [3.8, 4) is 0 Å². The summed E-state index contributed by atoms with van der Waals surface area (Å²) in [5, 5.41) is 21.7. The third kappa shape index (κ3) is 2.73. The number of hydrogen-bond acceptors (Lipinski definition) is 4. The van der Waals surface area contributed by atoms with Crippen molar-refractivity contribution >= 4 is 5.97 Å². The third-order valence-electron chi connectivity index (χ3n) is 9.86. The second-order valence-electron chi connectivity index (χ2n) is 10.8. The van der Waals surface area contributed by atoms with Crippen molar-refractivity contribution < 1.29 is 19.7 Å². The van der Waals surface area contributed by atoms with Gasteiger partial charge in [0.15, 0.2) is 0 Å². The monoisotopic (exact) mass is 379 g/mol. The molecule has 4 aliphatic carbocycles. The van der Waals surface area contributed by atoms with Crippen LogP contribution in [0.25, 0.3) is 0 Å². The zero-order valence-electron chi connectivity index (χ0n) is 17.5. The first-order valence-corrected chi connectivity index (χ1v) is 11.2. The van der Waals surface area contributed by atoms with Crippen LogP contribution in [0.4, 0.5) is 0 Å². The van der Waals surface area contributed by atoms with Gasteiger partial charge in [-0.3, -0.25) is 4.79 Å². The van der Waals surface area contributed by atoms with E-state index in [-0.39, 0.29) is 17.5 Å². The van der Waals surface area contributed by atoms with E-state index in [4.69, 9.17) is 4.74 Å². The molecular formula is C23H38O4. The fraction of sp³-hybridized carbons (Fsp3) is 0.957. The van der Waals surface area contributed by atoms with E-state index < -0.39 is 11.7 Å². The molecule has 0 bridgehead atoms.